The Balaban J connectivity index is 2.78. The summed E-state index contributed by atoms with van der Waals surface area (Å²) >= 11 is 0. The first-order chi connectivity index (χ1) is 8.17. The van der Waals surface area contributed by atoms with Gasteiger partial charge in [0.05, 0.1) is 7.11 Å². The van der Waals surface area contributed by atoms with E-state index in [0.717, 1.165) is 36.5 Å². The molecule has 1 rings (SSSR count). The highest BCUT2D eigenvalue weighted by atomic mass is 16.5. The highest BCUT2D eigenvalue weighted by Gasteiger charge is 2.04. The molecule has 0 aliphatic rings. The molecule has 0 aliphatic carbocycles. The summed E-state index contributed by atoms with van der Waals surface area (Å²) in [5.74, 6) is 0.769. The van der Waals surface area contributed by atoms with Crippen LogP contribution in [0.25, 0.3) is 0 Å². The van der Waals surface area contributed by atoms with Gasteiger partial charge in [-0.3, -0.25) is 4.79 Å². The number of hydrogen-bond acceptors (Lipinski definition) is 3. The highest BCUT2D eigenvalue weighted by molar-refractivity contribution is 5.88. The number of ether oxygens (including phenoxy) is 1. The van der Waals surface area contributed by atoms with E-state index in [1.165, 1.54) is 6.92 Å². The molecule has 0 unspecified atom stereocenters. The van der Waals surface area contributed by atoms with E-state index in [0.29, 0.717) is 0 Å². The Kier molecular flexibility index (Phi) is 5.49. The van der Waals surface area contributed by atoms with Crippen LogP contribution >= 0.6 is 0 Å². The third kappa shape index (κ3) is 4.44. The Bertz CT molecular complexity index is 378. The van der Waals surface area contributed by atoms with Gasteiger partial charge in [0.25, 0.3) is 0 Å². The fraction of sp³-hybridized carbons (Fsp3) is 0.462. The maximum absolute atomic E-state index is 11.0. The minimum absolute atomic E-state index is 0.0670. The number of hydrogen-bond donors (Lipinski definition) is 2. The van der Waals surface area contributed by atoms with E-state index in [9.17, 15) is 4.79 Å². The number of amides is 1. The molecule has 0 heterocycles. The Labute approximate surface area is 102 Å². The van der Waals surface area contributed by atoms with Gasteiger partial charge < -0.3 is 15.4 Å². The number of anilines is 1. The van der Waals surface area contributed by atoms with Gasteiger partial charge in [0.1, 0.15) is 5.75 Å². The monoisotopic (exact) mass is 236 g/mol. The highest BCUT2D eigenvalue weighted by Crippen LogP contribution is 2.22. The summed E-state index contributed by atoms with van der Waals surface area (Å²) in [5.41, 5.74) is 1.85. The molecule has 4 heteroatoms. The number of nitrogens with one attached hydrogen (secondary N) is 2. The van der Waals surface area contributed by atoms with Crippen LogP contribution in [0.5, 0.6) is 5.75 Å². The molecule has 1 aromatic rings. The van der Waals surface area contributed by atoms with Gasteiger partial charge in [0, 0.05) is 24.7 Å². The van der Waals surface area contributed by atoms with Crippen LogP contribution in [0, 0.1) is 0 Å². The predicted octanol–water partition coefficient (Wildman–Crippen LogP) is 2.15. The number of methoxy groups -OCH3 is 1. The third-order valence-corrected chi connectivity index (χ3v) is 2.34. The van der Waals surface area contributed by atoms with Crippen molar-refractivity contribution in [3.8, 4) is 5.75 Å². The molecular weight excluding hydrogens is 216 g/mol. The summed E-state index contributed by atoms with van der Waals surface area (Å²) < 4.78 is 5.28. The SMILES string of the molecule is CCCNCc1cc(NC(C)=O)ccc1OC. The van der Waals surface area contributed by atoms with Crippen LogP contribution in [0.1, 0.15) is 25.8 Å². The van der Waals surface area contributed by atoms with Gasteiger partial charge >= 0.3 is 0 Å². The maximum atomic E-state index is 11.0. The van der Waals surface area contributed by atoms with Crippen LogP contribution in [0.3, 0.4) is 0 Å². The largest absolute Gasteiger partial charge is 0.496 e. The van der Waals surface area contributed by atoms with Crippen LogP contribution in [0.2, 0.25) is 0 Å². The molecule has 1 amide bonds. The summed E-state index contributed by atoms with van der Waals surface area (Å²) in [6.45, 7) is 5.33. The lowest BCUT2D eigenvalue weighted by Crippen LogP contribution is -2.15. The third-order valence-electron chi connectivity index (χ3n) is 2.34. The quantitative estimate of drug-likeness (QED) is 0.744. The smallest absolute Gasteiger partial charge is 0.221 e. The summed E-state index contributed by atoms with van der Waals surface area (Å²) in [6, 6.07) is 5.64. The summed E-state index contributed by atoms with van der Waals surface area (Å²) in [4.78, 5) is 11.0. The van der Waals surface area contributed by atoms with E-state index >= 15 is 0 Å². The predicted molar refractivity (Wildman–Crippen MR) is 69.3 cm³/mol. The van der Waals surface area contributed by atoms with E-state index in [1.807, 2.05) is 18.2 Å². The van der Waals surface area contributed by atoms with Crippen LogP contribution < -0.4 is 15.4 Å². The maximum Gasteiger partial charge on any atom is 0.221 e. The fourth-order valence-corrected chi connectivity index (χ4v) is 1.60. The Morgan fingerprint density at radius 3 is 2.76 bits per heavy atom. The minimum Gasteiger partial charge on any atom is -0.496 e. The number of carbonyl (C=O) groups is 1. The van der Waals surface area contributed by atoms with E-state index in [4.69, 9.17) is 4.74 Å². The van der Waals surface area contributed by atoms with Crippen molar-refractivity contribution in [3.63, 3.8) is 0 Å². The van der Waals surface area contributed by atoms with Gasteiger partial charge in [0.15, 0.2) is 0 Å². The lowest BCUT2D eigenvalue weighted by Gasteiger charge is -2.11. The zero-order valence-electron chi connectivity index (χ0n) is 10.7. The molecular formula is C13H20N2O2. The number of rotatable bonds is 6. The topological polar surface area (TPSA) is 50.4 Å². The average molecular weight is 236 g/mol. The van der Waals surface area contributed by atoms with Crippen molar-refractivity contribution in [2.24, 2.45) is 0 Å². The Morgan fingerprint density at radius 2 is 2.18 bits per heavy atom. The first-order valence-corrected chi connectivity index (χ1v) is 5.82. The molecule has 0 saturated carbocycles. The van der Waals surface area contributed by atoms with Crippen molar-refractivity contribution in [2.45, 2.75) is 26.8 Å². The van der Waals surface area contributed by atoms with Crippen LogP contribution in [0.4, 0.5) is 5.69 Å². The van der Waals surface area contributed by atoms with Crippen LogP contribution in [0.15, 0.2) is 18.2 Å². The molecule has 94 valence electrons. The average Bonchev–Trinajstić information content (AvgIpc) is 2.29. The molecule has 1 aromatic carbocycles. The lowest BCUT2D eigenvalue weighted by molar-refractivity contribution is -0.114. The normalized spacial score (nSPS) is 10.1. The lowest BCUT2D eigenvalue weighted by atomic mass is 10.1. The van der Waals surface area contributed by atoms with Crippen LogP contribution in [-0.4, -0.2) is 19.6 Å². The van der Waals surface area contributed by atoms with Gasteiger partial charge in [-0.05, 0) is 31.2 Å². The van der Waals surface area contributed by atoms with Crippen LogP contribution in [-0.2, 0) is 11.3 Å². The van der Waals surface area contributed by atoms with E-state index in [2.05, 4.69) is 17.6 Å². The fourth-order valence-electron chi connectivity index (χ4n) is 1.60. The molecule has 0 bridgehead atoms. The van der Waals surface area contributed by atoms with Gasteiger partial charge in [-0.15, -0.1) is 0 Å². The molecule has 0 atom stereocenters. The molecule has 0 radical (unpaired) electrons. The molecule has 17 heavy (non-hydrogen) atoms. The summed E-state index contributed by atoms with van der Waals surface area (Å²) in [6.07, 6.45) is 1.09. The summed E-state index contributed by atoms with van der Waals surface area (Å²) in [7, 11) is 1.65. The van der Waals surface area contributed by atoms with Crippen molar-refractivity contribution in [1.82, 2.24) is 5.32 Å². The minimum atomic E-state index is -0.0670. The second kappa shape index (κ2) is 6.91. The first kappa shape index (κ1) is 13.5. The van der Waals surface area contributed by atoms with Crippen molar-refractivity contribution in [1.29, 1.82) is 0 Å². The van der Waals surface area contributed by atoms with Crippen molar-refractivity contribution >= 4 is 11.6 Å². The molecule has 4 nitrogen and oxygen atoms in total. The van der Waals surface area contributed by atoms with E-state index in [-0.39, 0.29) is 5.91 Å². The molecule has 0 aliphatic heterocycles. The molecule has 0 fully saturated rings. The second-order valence-corrected chi connectivity index (χ2v) is 3.88. The molecule has 0 aromatic heterocycles. The standard InChI is InChI=1S/C13H20N2O2/c1-4-7-14-9-11-8-12(15-10(2)16)5-6-13(11)17-3/h5-6,8,14H,4,7,9H2,1-3H3,(H,15,16). The van der Waals surface area contributed by atoms with Gasteiger partial charge in [-0.1, -0.05) is 6.92 Å². The zero-order valence-corrected chi connectivity index (χ0v) is 10.7. The number of benzene rings is 1. The van der Waals surface area contributed by atoms with Crippen molar-refractivity contribution < 1.29 is 9.53 Å². The Morgan fingerprint density at radius 1 is 1.41 bits per heavy atom. The van der Waals surface area contributed by atoms with Gasteiger partial charge in [-0.25, -0.2) is 0 Å². The Hall–Kier alpha value is -1.55. The zero-order chi connectivity index (χ0) is 12.7. The molecule has 0 spiro atoms. The van der Waals surface area contributed by atoms with Gasteiger partial charge in [-0.2, -0.15) is 0 Å². The van der Waals surface area contributed by atoms with E-state index < -0.39 is 0 Å². The first-order valence-electron chi connectivity index (χ1n) is 5.82. The summed E-state index contributed by atoms with van der Waals surface area (Å²) in [5, 5.41) is 6.08. The van der Waals surface area contributed by atoms with Gasteiger partial charge in [0.2, 0.25) is 5.91 Å². The molecule has 0 saturated heterocycles. The van der Waals surface area contributed by atoms with Crippen molar-refractivity contribution in [3.05, 3.63) is 23.8 Å². The second-order valence-electron chi connectivity index (χ2n) is 3.88. The van der Waals surface area contributed by atoms with E-state index in [1.54, 1.807) is 7.11 Å². The molecule has 2 N–H and O–H groups in total. The number of carbonyl (C=O) groups excluding carboxylic acids is 1. The van der Waals surface area contributed by atoms with Crippen molar-refractivity contribution in [2.75, 3.05) is 19.0 Å².